The summed E-state index contributed by atoms with van der Waals surface area (Å²) in [6.07, 6.45) is 2.05. The molecule has 1 rings (SSSR count). The van der Waals surface area contributed by atoms with Gasteiger partial charge in [0.2, 0.25) is 0 Å². The predicted octanol–water partition coefficient (Wildman–Crippen LogP) is 3.07. The quantitative estimate of drug-likeness (QED) is 0.803. The van der Waals surface area contributed by atoms with Crippen LogP contribution in [0, 0.1) is 0 Å². The zero-order valence-corrected chi connectivity index (χ0v) is 10.3. The highest BCUT2D eigenvalue weighted by molar-refractivity contribution is 9.10. The van der Waals surface area contributed by atoms with E-state index in [2.05, 4.69) is 15.9 Å². The van der Waals surface area contributed by atoms with Gasteiger partial charge in [-0.15, -0.1) is 0 Å². The molecule has 0 fully saturated rings. The summed E-state index contributed by atoms with van der Waals surface area (Å²) >= 11 is 3.36. The zero-order chi connectivity index (χ0) is 10.6. The normalized spacial score (nSPS) is 12.1. The van der Waals surface area contributed by atoms with Crippen LogP contribution in [0.25, 0.3) is 0 Å². The topological polar surface area (TPSA) is 34.1 Å². The molecule has 0 spiro atoms. The van der Waals surface area contributed by atoms with Crippen LogP contribution < -0.4 is 0 Å². The van der Waals surface area contributed by atoms with Gasteiger partial charge in [-0.25, -0.2) is 8.42 Å². The third-order valence-corrected chi connectivity index (χ3v) is 3.15. The summed E-state index contributed by atoms with van der Waals surface area (Å²) < 4.78 is 22.1. The van der Waals surface area contributed by atoms with Crippen molar-refractivity contribution in [2.24, 2.45) is 0 Å². The third kappa shape index (κ3) is 4.26. The van der Waals surface area contributed by atoms with Gasteiger partial charge in [-0.05, 0) is 18.1 Å². The Hall–Kier alpha value is -0.320. The molecule has 5 heteroatoms. The van der Waals surface area contributed by atoms with Gasteiger partial charge in [-0.3, -0.25) is 0 Å². The second-order valence-corrected chi connectivity index (χ2v) is 6.01. The Bertz CT molecular complexity index is 440. The summed E-state index contributed by atoms with van der Waals surface area (Å²) in [4.78, 5) is 0. The first-order valence-corrected chi connectivity index (χ1v) is 7.00. The second-order valence-electron chi connectivity index (χ2n) is 2.64. The van der Waals surface area contributed by atoms with Crippen LogP contribution in [0.2, 0.25) is 0 Å². The van der Waals surface area contributed by atoms with E-state index in [1.807, 2.05) is 24.3 Å². The van der Waals surface area contributed by atoms with Gasteiger partial charge < -0.3 is 0 Å². The van der Waals surface area contributed by atoms with Gasteiger partial charge in [0.1, 0.15) is 0 Å². The number of benzene rings is 1. The van der Waals surface area contributed by atoms with E-state index >= 15 is 0 Å². The number of hydrogen-bond acceptors (Lipinski definition) is 2. The summed E-state index contributed by atoms with van der Waals surface area (Å²) in [5, 5.41) is 0.994. The van der Waals surface area contributed by atoms with Crippen LogP contribution in [0.1, 0.15) is 5.56 Å². The molecular formula is C9H8BrClO2S. The molecule has 1 aromatic rings. The lowest BCUT2D eigenvalue weighted by atomic mass is 10.2. The number of allylic oxidation sites excluding steroid dienone is 1. The van der Waals surface area contributed by atoms with Crippen LogP contribution in [-0.2, 0) is 15.5 Å². The first kappa shape index (κ1) is 11.8. The number of hydrogen-bond donors (Lipinski definition) is 0. The molecule has 0 N–H and O–H groups in total. The first-order chi connectivity index (χ1) is 6.49. The lowest BCUT2D eigenvalue weighted by Crippen LogP contribution is -1.84. The Morgan fingerprint density at radius 1 is 1.36 bits per heavy atom. The minimum atomic E-state index is -3.53. The second kappa shape index (κ2) is 4.96. The van der Waals surface area contributed by atoms with Crippen LogP contribution >= 0.6 is 26.6 Å². The smallest absolute Gasteiger partial charge is 0.208 e. The predicted molar refractivity (Wildman–Crippen MR) is 61.8 cm³/mol. The van der Waals surface area contributed by atoms with Gasteiger partial charge in [0.15, 0.2) is 0 Å². The van der Waals surface area contributed by atoms with Crippen LogP contribution in [-0.4, -0.2) is 8.42 Å². The summed E-state index contributed by atoms with van der Waals surface area (Å²) in [6, 6.07) is 7.60. The molecule has 0 saturated heterocycles. The van der Waals surface area contributed by atoms with Crippen LogP contribution in [0.4, 0.5) is 0 Å². The van der Waals surface area contributed by atoms with E-state index in [1.54, 1.807) is 0 Å². The van der Waals surface area contributed by atoms with Crippen molar-refractivity contribution >= 4 is 35.7 Å². The minimum Gasteiger partial charge on any atom is -0.208 e. The Morgan fingerprint density at radius 3 is 2.57 bits per heavy atom. The lowest BCUT2D eigenvalue weighted by Gasteiger charge is -1.98. The maximum atomic E-state index is 10.6. The van der Waals surface area contributed by atoms with Gasteiger partial charge in [0, 0.05) is 20.6 Å². The average Bonchev–Trinajstić information content (AvgIpc) is 2.06. The van der Waals surface area contributed by atoms with Crippen molar-refractivity contribution in [3.8, 4) is 0 Å². The third-order valence-electron chi connectivity index (χ3n) is 1.55. The van der Waals surface area contributed by atoms with Crippen molar-refractivity contribution in [1.82, 2.24) is 0 Å². The average molecular weight is 296 g/mol. The molecule has 76 valence electrons. The Labute approximate surface area is 96.1 Å². The number of rotatable bonds is 3. The fourth-order valence-electron chi connectivity index (χ4n) is 0.954. The highest BCUT2D eigenvalue weighted by Gasteiger charge is 1.98. The molecule has 14 heavy (non-hydrogen) atoms. The molecule has 0 aromatic heterocycles. The summed E-state index contributed by atoms with van der Waals surface area (Å²) in [5.41, 5.74) is 1.02. The van der Waals surface area contributed by atoms with Crippen molar-refractivity contribution in [2.75, 3.05) is 0 Å². The monoisotopic (exact) mass is 294 g/mol. The Morgan fingerprint density at radius 2 is 2.00 bits per heavy atom. The first-order valence-electron chi connectivity index (χ1n) is 3.83. The molecule has 0 unspecified atom stereocenters. The van der Waals surface area contributed by atoms with E-state index in [0.29, 0.717) is 6.42 Å². The van der Waals surface area contributed by atoms with Gasteiger partial charge in [0.05, 0.1) is 0 Å². The largest absolute Gasteiger partial charge is 0.254 e. The van der Waals surface area contributed by atoms with E-state index < -0.39 is 9.05 Å². The van der Waals surface area contributed by atoms with Crippen LogP contribution in [0.3, 0.4) is 0 Å². The van der Waals surface area contributed by atoms with Crippen molar-refractivity contribution < 1.29 is 8.42 Å². The molecule has 0 atom stereocenters. The summed E-state index contributed by atoms with van der Waals surface area (Å²) in [7, 11) is 1.48. The minimum absolute atomic E-state index is 0.535. The molecule has 0 heterocycles. The highest BCUT2D eigenvalue weighted by atomic mass is 79.9. The molecule has 0 amide bonds. The van der Waals surface area contributed by atoms with Crippen molar-refractivity contribution in [3.05, 3.63) is 45.8 Å². The van der Waals surface area contributed by atoms with Gasteiger partial charge in [-0.1, -0.05) is 40.2 Å². The summed E-state index contributed by atoms with van der Waals surface area (Å²) in [6.45, 7) is 0. The maximum Gasteiger partial charge on any atom is 0.254 e. The zero-order valence-electron chi connectivity index (χ0n) is 7.15. The molecule has 0 saturated carbocycles. The molecular weight excluding hydrogens is 288 g/mol. The maximum absolute atomic E-state index is 10.6. The van der Waals surface area contributed by atoms with Crippen molar-refractivity contribution in [3.63, 3.8) is 0 Å². The number of halogens is 2. The van der Waals surface area contributed by atoms with Crippen LogP contribution in [0.5, 0.6) is 0 Å². The Kier molecular flexibility index (Phi) is 4.16. The molecule has 0 bridgehead atoms. The molecule has 0 radical (unpaired) electrons. The van der Waals surface area contributed by atoms with E-state index in [4.69, 9.17) is 10.7 Å². The van der Waals surface area contributed by atoms with Crippen molar-refractivity contribution in [2.45, 2.75) is 6.42 Å². The van der Waals surface area contributed by atoms with Gasteiger partial charge in [-0.2, -0.15) is 0 Å². The fraction of sp³-hybridized carbons (Fsp3) is 0.111. The van der Waals surface area contributed by atoms with E-state index in [9.17, 15) is 8.42 Å². The molecule has 2 nitrogen and oxygen atoms in total. The fourth-order valence-corrected chi connectivity index (χ4v) is 1.94. The molecule has 0 aliphatic rings. The standard InChI is InChI=1S/C9H8BrClO2S/c10-9-6-2-1-4-8(9)5-3-7-14(11,12)13/h1-4,6-7H,5H2/b7-3-. The molecule has 0 aliphatic carbocycles. The molecule has 1 aromatic carbocycles. The highest BCUT2D eigenvalue weighted by Crippen LogP contribution is 2.16. The lowest BCUT2D eigenvalue weighted by molar-refractivity contribution is 0.617. The van der Waals surface area contributed by atoms with E-state index in [0.717, 1.165) is 15.4 Å². The van der Waals surface area contributed by atoms with E-state index in [-0.39, 0.29) is 0 Å². The van der Waals surface area contributed by atoms with Crippen molar-refractivity contribution in [1.29, 1.82) is 0 Å². The Balaban J connectivity index is 2.72. The van der Waals surface area contributed by atoms with Gasteiger partial charge >= 0.3 is 0 Å². The van der Waals surface area contributed by atoms with E-state index in [1.165, 1.54) is 6.08 Å². The SMILES string of the molecule is O=S(=O)(Cl)/C=C\Cc1ccccc1Br. The molecule has 0 aliphatic heterocycles. The van der Waals surface area contributed by atoms with Gasteiger partial charge in [0.25, 0.3) is 9.05 Å². The summed E-state index contributed by atoms with van der Waals surface area (Å²) in [5.74, 6) is 0. The van der Waals surface area contributed by atoms with Crippen LogP contribution in [0.15, 0.2) is 40.2 Å².